The summed E-state index contributed by atoms with van der Waals surface area (Å²) in [6.07, 6.45) is -12.3. The highest BCUT2D eigenvalue weighted by Crippen LogP contribution is 2.64. The van der Waals surface area contributed by atoms with Crippen molar-refractivity contribution in [3.05, 3.63) is 0 Å². The number of aliphatic hydroxyl groups excluding tert-OH is 1. The number of carboxylic acid groups (broad SMARTS) is 1. The number of aliphatic carboxylic acids is 1. The molecule has 0 saturated carbocycles. The lowest BCUT2D eigenvalue weighted by atomic mass is 9.91. The van der Waals surface area contributed by atoms with Crippen LogP contribution in [0.3, 0.4) is 0 Å². The van der Waals surface area contributed by atoms with Crippen LogP contribution in [0.5, 0.6) is 0 Å². The number of nitrogens with zero attached hydrogens (tertiary/aromatic N) is 1. The van der Waals surface area contributed by atoms with E-state index in [1.807, 2.05) is 0 Å². The smallest absolute Gasteiger partial charge is 0.460 e. The predicted octanol–water partition coefficient (Wildman–Crippen LogP) is 2.41. The van der Waals surface area contributed by atoms with E-state index in [1.165, 1.54) is 0 Å². The highest BCUT2D eigenvalue weighted by atomic mass is 32.2. The number of halogens is 17. The molecule has 2 N–H and O–H groups in total. The minimum absolute atomic E-state index is 0.107. The number of alkyl halides is 17. The molecule has 0 fully saturated rings. The molecule has 0 aromatic heterocycles. The van der Waals surface area contributed by atoms with E-state index in [0.29, 0.717) is 0 Å². The first-order valence-corrected chi connectivity index (χ1v) is 10.9. The zero-order valence-electron chi connectivity index (χ0n) is 19.1. The van der Waals surface area contributed by atoms with Crippen molar-refractivity contribution in [1.82, 2.24) is 4.72 Å². The van der Waals surface area contributed by atoms with Crippen LogP contribution in [0.2, 0.25) is 0 Å². The average molecular weight is 658 g/mol. The lowest BCUT2D eigenvalue weighted by molar-refractivity contribution is -0.885. The predicted molar refractivity (Wildman–Crippen MR) is 90.2 cm³/mol. The van der Waals surface area contributed by atoms with E-state index < -0.39 is 93.2 Å². The van der Waals surface area contributed by atoms with Crippen LogP contribution in [0.4, 0.5) is 74.6 Å². The van der Waals surface area contributed by atoms with Crippen LogP contribution in [0.15, 0.2) is 0 Å². The van der Waals surface area contributed by atoms with Gasteiger partial charge in [0.05, 0.1) is 26.6 Å². The van der Waals surface area contributed by atoms with Crippen molar-refractivity contribution < 1.29 is 103 Å². The highest BCUT2D eigenvalue weighted by molar-refractivity contribution is 7.90. The summed E-state index contributed by atoms with van der Waals surface area (Å²) in [7, 11) is -5.68. The second-order valence-corrected chi connectivity index (χ2v) is 10.3. The molecule has 240 valence electrons. The number of carbonyl (C=O) groups is 1. The number of hydrogen-bond donors (Lipinski definition) is 2. The molecular weight excluding hydrogens is 643 g/mol. The fourth-order valence-corrected chi connectivity index (χ4v) is 3.62. The van der Waals surface area contributed by atoms with Crippen LogP contribution in [0.25, 0.3) is 0 Å². The molecule has 40 heavy (non-hydrogen) atoms. The summed E-state index contributed by atoms with van der Waals surface area (Å²) in [4.78, 5) is 10.5. The normalized spacial score (nSPS) is 16.7. The second kappa shape index (κ2) is 10.4. The molecule has 0 bridgehead atoms. The molecule has 1 atom stereocenters. The van der Waals surface area contributed by atoms with Gasteiger partial charge in [-0.05, 0) is 0 Å². The van der Waals surface area contributed by atoms with E-state index >= 15 is 0 Å². The molecule has 0 amide bonds. The van der Waals surface area contributed by atoms with Crippen LogP contribution in [-0.2, 0) is 14.8 Å². The third-order valence-corrected chi connectivity index (χ3v) is 6.40. The largest absolute Gasteiger partial charge is 0.544 e. The summed E-state index contributed by atoms with van der Waals surface area (Å²) < 4.78 is 248. The zero-order chi connectivity index (χ0) is 33.0. The monoisotopic (exact) mass is 658 g/mol. The Bertz CT molecular complexity index is 1040. The summed E-state index contributed by atoms with van der Waals surface area (Å²) in [5.74, 6) is -54.1. The Morgan fingerprint density at radius 3 is 1.38 bits per heavy atom. The maximum atomic E-state index is 13.9. The number of likely N-dealkylation sites (N-methyl/N-ethyl adjacent to an activating group) is 1. The number of carboxylic acids is 1. The molecule has 0 aliphatic carbocycles. The molecule has 0 heterocycles. The van der Waals surface area contributed by atoms with E-state index in [-0.39, 0.29) is 4.72 Å². The lowest BCUT2D eigenvalue weighted by Crippen LogP contribution is -2.75. The van der Waals surface area contributed by atoms with Crippen LogP contribution >= 0.6 is 0 Å². The fourth-order valence-electron chi connectivity index (χ4n) is 2.53. The number of rotatable bonds is 14. The van der Waals surface area contributed by atoms with Gasteiger partial charge < -0.3 is 19.5 Å². The van der Waals surface area contributed by atoms with Gasteiger partial charge in [0, 0.05) is 6.42 Å². The Morgan fingerprint density at radius 1 is 0.725 bits per heavy atom. The molecular formula is C15H15F17N2O5S. The maximum Gasteiger partial charge on any atom is 0.460 e. The molecule has 0 aliphatic rings. The summed E-state index contributed by atoms with van der Waals surface area (Å²) in [6.45, 7) is -1.70. The van der Waals surface area contributed by atoms with Crippen molar-refractivity contribution in [2.24, 2.45) is 0 Å². The van der Waals surface area contributed by atoms with Crippen molar-refractivity contribution in [2.75, 3.05) is 27.2 Å². The summed E-state index contributed by atoms with van der Waals surface area (Å²) in [5.41, 5.74) is 0. The first-order chi connectivity index (χ1) is 17.0. The van der Waals surface area contributed by atoms with E-state index in [0.717, 1.165) is 14.1 Å². The quantitative estimate of drug-likeness (QED) is 0.170. The Hall–Kier alpha value is -1.89. The van der Waals surface area contributed by atoms with Crippen molar-refractivity contribution in [2.45, 2.75) is 59.6 Å². The zero-order valence-corrected chi connectivity index (χ0v) is 19.9. The maximum absolute atomic E-state index is 13.9. The molecule has 0 aromatic rings. The number of nitrogens with one attached hydrogen (secondary N) is 1. The van der Waals surface area contributed by atoms with E-state index in [2.05, 4.69) is 0 Å². The number of hydrogen-bond acceptors (Lipinski definition) is 5. The molecule has 0 spiro atoms. The SMILES string of the molecule is C[N+](C)(CCC(O)NS(=O)(=O)C(F)(F)C(F)(F)C(F)(F)C(F)(F)C(F)(F)C(F)(F)C(F)(F)C(F)(F)F)CC(=O)[O-]. The Labute approximate surface area is 211 Å². The van der Waals surface area contributed by atoms with Gasteiger partial charge in [-0.1, -0.05) is 0 Å². The van der Waals surface area contributed by atoms with Crippen molar-refractivity contribution in [1.29, 1.82) is 0 Å². The molecule has 7 nitrogen and oxygen atoms in total. The van der Waals surface area contributed by atoms with Gasteiger partial charge in [-0.3, -0.25) is 0 Å². The number of carbonyl (C=O) groups excluding carboxylic acids is 1. The molecule has 25 heteroatoms. The van der Waals surface area contributed by atoms with Crippen LogP contribution in [0.1, 0.15) is 6.42 Å². The fraction of sp³-hybridized carbons (Fsp3) is 0.933. The molecule has 0 rings (SSSR count). The number of aliphatic hydroxyl groups is 1. The Balaban J connectivity index is 6.53. The van der Waals surface area contributed by atoms with Gasteiger partial charge in [0.1, 0.15) is 12.8 Å². The highest BCUT2D eigenvalue weighted by Gasteiger charge is 2.96. The molecule has 1 unspecified atom stereocenters. The van der Waals surface area contributed by atoms with Crippen LogP contribution < -0.4 is 9.83 Å². The van der Waals surface area contributed by atoms with E-state index in [9.17, 15) is 98.1 Å². The van der Waals surface area contributed by atoms with Gasteiger partial charge >= 0.3 is 47.0 Å². The number of quaternary nitrogens is 1. The lowest BCUT2D eigenvalue weighted by Gasteiger charge is -2.42. The van der Waals surface area contributed by atoms with Crippen molar-refractivity contribution in [3.63, 3.8) is 0 Å². The first kappa shape index (κ1) is 38.1. The molecule has 0 aliphatic heterocycles. The van der Waals surface area contributed by atoms with E-state index in [4.69, 9.17) is 0 Å². The summed E-state index contributed by atoms with van der Waals surface area (Å²) >= 11 is 0. The van der Waals surface area contributed by atoms with Gasteiger partial charge in [0.15, 0.2) is 0 Å². The van der Waals surface area contributed by atoms with Crippen LogP contribution in [-0.4, -0.2) is 104 Å². The second-order valence-electron chi connectivity index (χ2n) is 8.58. The summed E-state index contributed by atoms with van der Waals surface area (Å²) in [5, 5.41) is 12.1. The number of sulfonamides is 1. The van der Waals surface area contributed by atoms with Crippen LogP contribution in [0, 0.1) is 0 Å². The van der Waals surface area contributed by atoms with Gasteiger partial charge in [-0.2, -0.15) is 79.4 Å². The molecule has 0 aromatic carbocycles. The van der Waals surface area contributed by atoms with Gasteiger partial charge in [-0.15, -0.1) is 0 Å². The van der Waals surface area contributed by atoms with Gasteiger partial charge in [0.2, 0.25) is 0 Å². The minimum atomic E-state index is -8.97. The third-order valence-electron chi connectivity index (χ3n) is 4.89. The van der Waals surface area contributed by atoms with E-state index in [1.54, 1.807) is 0 Å². The molecule has 0 radical (unpaired) electrons. The standard InChI is InChI=1S/C15H15F17N2O5S/c1-34(2,5-7(36)37)4-3-6(35)33-40(38,39)15(31,32)13(26,27)11(22,23)9(18,19)8(16,17)10(20,21)12(24,25)14(28,29)30/h6,33,35H,3-5H2,1-2H3. The van der Waals surface area contributed by atoms with Crippen molar-refractivity contribution in [3.8, 4) is 0 Å². The Kier molecular flexibility index (Phi) is 9.94. The first-order valence-electron chi connectivity index (χ1n) is 9.45. The van der Waals surface area contributed by atoms with Crippen molar-refractivity contribution >= 4 is 16.0 Å². The molecule has 0 saturated heterocycles. The van der Waals surface area contributed by atoms with Gasteiger partial charge in [-0.25, -0.2) is 8.42 Å². The minimum Gasteiger partial charge on any atom is -0.544 e. The third kappa shape index (κ3) is 6.00. The Morgan fingerprint density at radius 2 is 1.05 bits per heavy atom. The average Bonchev–Trinajstić information content (AvgIpc) is 2.69. The summed E-state index contributed by atoms with van der Waals surface area (Å²) in [6, 6.07) is 0. The topological polar surface area (TPSA) is 107 Å². The van der Waals surface area contributed by atoms with Gasteiger partial charge in [0.25, 0.3) is 10.0 Å².